The van der Waals surface area contributed by atoms with Gasteiger partial charge in [0.2, 0.25) is 0 Å². The van der Waals surface area contributed by atoms with E-state index in [1.165, 1.54) is 37.2 Å². The van der Waals surface area contributed by atoms with Crippen molar-refractivity contribution >= 4 is 22.9 Å². The molecule has 1 N–H and O–H groups in total. The minimum absolute atomic E-state index is 0.653. The molecule has 1 aliphatic carbocycles. The van der Waals surface area contributed by atoms with Crippen molar-refractivity contribution in [3.63, 3.8) is 0 Å². The monoisotopic (exact) mass is 312 g/mol. The normalized spacial score (nSPS) is 28.2. The van der Waals surface area contributed by atoms with Gasteiger partial charge in [0.15, 0.2) is 0 Å². The van der Waals surface area contributed by atoms with E-state index in [4.69, 9.17) is 11.6 Å². The standard InChI is InChI=1S/C16H25ClN2S/c1-11(2)7-13-9-19(10-14-5-6-16(17)20-14)15(8-18-13)12-3-4-12/h5-6,11-13,15,18H,3-4,7-10H2,1-2H3. The lowest BCUT2D eigenvalue weighted by Crippen LogP contribution is -2.57. The molecule has 1 aliphatic heterocycles. The third-order valence-corrected chi connectivity index (χ3v) is 5.67. The lowest BCUT2D eigenvalue weighted by Gasteiger charge is -2.41. The number of hydrogen-bond acceptors (Lipinski definition) is 3. The van der Waals surface area contributed by atoms with Crippen LogP contribution in [0.2, 0.25) is 4.34 Å². The average Bonchev–Trinajstić information content (AvgIpc) is 3.13. The van der Waals surface area contributed by atoms with Gasteiger partial charge in [-0.15, -0.1) is 11.3 Å². The van der Waals surface area contributed by atoms with Gasteiger partial charge in [-0.1, -0.05) is 25.4 Å². The molecule has 1 aromatic heterocycles. The van der Waals surface area contributed by atoms with Crippen LogP contribution in [0, 0.1) is 11.8 Å². The molecule has 2 unspecified atom stereocenters. The molecular weight excluding hydrogens is 288 g/mol. The first-order chi connectivity index (χ1) is 9.61. The molecule has 0 amide bonds. The van der Waals surface area contributed by atoms with Gasteiger partial charge in [-0.25, -0.2) is 0 Å². The summed E-state index contributed by atoms with van der Waals surface area (Å²) in [6.45, 7) is 8.07. The summed E-state index contributed by atoms with van der Waals surface area (Å²) in [6, 6.07) is 5.61. The molecule has 2 heterocycles. The average molecular weight is 313 g/mol. The number of rotatable bonds is 5. The third-order valence-electron chi connectivity index (χ3n) is 4.45. The molecule has 0 bridgehead atoms. The summed E-state index contributed by atoms with van der Waals surface area (Å²) in [5, 5.41) is 3.78. The highest BCUT2D eigenvalue weighted by Gasteiger charge is 2.38. The molecule has 2 fully saturated rings. The van der Waals surface area contributed by atoms with Gasteiger partial charge < -0.3 is 5.32 Å². The van der Waals surface area contributed by atoms with E-state index < -0.39 is 0 Å². The van der Waals surface area contributed by atoms with Gasteiger partial charge in [0.05, 0.1) is 4.34 Å². The quantitative estimate of drug-likeness (QED) is 0.884. The fraction of sp³-hybridized carbons (Fsp3) is 0.750. The van der Waals surface area contributed by atoms with E-state index in [0.29, 0.717) is 6.04 Å². The van der Waals surface area contributed by atoms with E-state index in [2.05, 4.69) is 30.1 Å². The predicted molar refractivity (Wildman–Crippen MR) is 87.5 cm³/mol. The highest BCUT2D eigenvalue weighted by atomic mass is 35.5. The maximum atomic E-state index is 6.07. The summed E-state index contributed by atoms with van der Waals surface area (Å²) < 4.78 is 0.914. The van der Waals surface area contributed by atoms with Crippen LogP contribution in [-0.2, 0) is 6.54 Å². The number of piperazine rings is 1. The summed E-state index contributed by atoms with van der Waals surface area (Å²) in [6.07, 6.45) is 4.12. The Morgan fingerprint density at radius 1 is 1.40 bits per heavy atom. The molecule has 2 nitrogen and oxygen atoms in total. The minimum atomic E-state index is 0.653. The van der Waals surface area contributed by atoms with Crippen LogP contribution in [-0.4, -0.2) is 30.1 Å². The maximum absolute atomic E-state index is 6.07. The first-order valence-electron chi connectivity index (χ1n) is 7.83. The molecule has 0 spiro atoms. The van der Waals surface area contributed by atoms with Crippen LogP contribution in [0.15, 0.2) is 12.1 Å². The number of nitrogens with one attached hydrogen (secondary N) is 1. The first kappa shape index (κ1) is 14.8. The molecule has 1 saturated heterocycles. The second-order valence-corrected chi connectivity index (χ2v) is 8.57. The number of halogens is 1. The summed E-state index contributed by atoms with van der Waals surface area (Å²) in [4.78, 5) is 4.12. The summed E-state index contributed by atoms with van der Waals surface area (Å²) in [5.41, 5.74) is 0. The maximum Gasteiger partial charge on any atom is 0.0931 e. The van der Waals surface area contributed by atoms with Crippen LogP contribution in [0.3, 0.4) is 0 Å². The van der Waals surface area contributed by atoms with E-state index >= 15 is 0 Å². The zero-order valence-electron chi connectivity index (χ0n) is 12.4. The molecule has 0 aromatic carbocycles. The van der Waals surface area contributed by atoms with Crippen molar-refractivity contribution in [1.29, 1.82) is 0 Å². The van der Waals surface area contributed by atoms with E-state index in [1.807, 2.05) is 6.07 Å². The van der Waals surface area contributed by atoms with Gasteiger partial charge in [-0.05, 0) is 43.2 Å². The first-order valence-corrected chi connectivity index (χ1v) is 9.03. The second kappa shape index (κ2) is 6.35. The van der Waals surface area contributed by atoms with E-state index in [1.54, 1.807) is 11.3 Å². The lowest BCUT2D eigenvalue weighted by molar-refractivity contribution is 0.101. The van der Waals surface area contributed by atoms with Gasteiger partial charge in [0.25, 0.3) is 0 Å². The van der Waals surface area contributed by atoms with Gasteiger partial charge in [-0.3, -0.25) is 4.90 Å². The van der Waals surface area contributed by atoms with Crippen molar-refractivity contribution < 1.29 is 0 Å². The fourth-order valence-corrected chi connectivity index (χ4v) is 4.50. The Bertz CT molecular complexity index is 441. The SMILES string of the molecule is CC(C)CC1CN(Cc2ccc(Cl)s2)C(C2CC2)CN1. The molecule has 2 aliphatic rings. The predicted octanol–water partition coefficient (Wildman–Crippen LogP) is 4.00. The smallest absolute Gasteiger partial charge is 0.0931 e. The zero-order valence-corrected chi connectivity index (χ0v) is 14.0. The van der Waals surface area contributed by atoms with E-state index in [-0.39, 0.29) is 0 Å². The van der Waals surface area contributed by atoms with Gasteiger partial charge in [0, 0.05) is 36.6 Å². The second-order valence-electron chi connectivity index (χ2n) is 6.77. The van der Waals surface area contributed by atoms with Crippen molar-refractivity contribution in [2.45, 2.75) is 51.7 Å². The molecular formula is C16H25ClN2S. The van der Waals surface area contributed by atoms with Crippen LogP contribution in [0.25, 0.3) is 0 Å². The topological polar surface area (TPSA) is 15.3 Å². The summed E-state index contributed by atoms with van der Waals surface area (Å²) >= 11 is 7.81. The molecule has 1 aromatic rings. The zero-order chi connectivity index (χ0) is 14.1. The Morgan fingerprint density at radius 3 is 2.80 bits per heavy atom. The minimum Gasteiger partial charge on any atom is -0.311 e. The molecule has 112 valence electrons. The van der Waals surface area contributed by atoms with Gasteiger partial charge in [-0.2, -0.15) is 0 Å². The molecule has 0 radical (unpaired) electrons. The lowest BCUT2D eigenvalue weighted by atomic mass is 9.98. The van der Waals surface area contributed by atoms with Crippen molar-refractivity contribution in [2.75, 3.05) is 13.1 Å². The Morgan fingerprint density at radius 2 is 2.20 bits per heavy atom. The van der Waals surface area contributed by atoms with Crippen molar-refractivity contribution in [3.05, 3.63) is 21.3 Å². The van der Waals surface area contributed by atoms with Gasteiger partial charge >= 0.3 is 0 Å². The van der Waals surface area contributed by atoms with Crippen LogP contribution < -0.4 is 5.32 Å². The van der Waals surface area contributed by atoms with E-state index in [9.17, 15) is 0 Å². The van der Waals surface area contributed by atoms with Gasteiger partial charge in [0.1, 0.15) is 0 Å². The molecule has 20 heavy (non-hydrogen) atoms. The molecule has 3 rings (SSSR count). The Kier molecular flexibility index (Phi) is 4.71. The molecule has 2 atom stereocenters. The third kappa shape index (κ3) is 3.76. The van der Waals surface area contributed by atoms with Crippen LogP contribution >= 0.6 is 22.9 Å². The number of thiophene rings is 1. The fourth-order valence-electron chi connectivity index (χ4n) is 3.39. The highest BCUT2D eigenvalue weighted by molar-refractivity contribution is 7.16. The summed E-state index contributed by atoms with van der Waals surface area (Å²) in [7, 11) is 0. The van der Waals surface area contributed by atoms with Crippen LogP contribution in [0.4, 0.5) is 0 Å². The summed E-state index contributed by atoms with van der Waals surface area (Å²) in [5.74, 6) is 1.70. The highest BCUT2D eigenvalue weighted by Crippen LogP contribution is 2.37. The van der Waals surface area contributed by atoms with Crippen LogP contribution in [0.5, 0.6) is 0 Å². The Balaban J connectivity index is 1.65. The van der Waals surface area contributed by atoms with Crippen molar-refractivity contribution in [2.24, 2.45) is 11.8 Å². The van der Waals surface area contributed by atoms with Crippen molar-refractivity contribution in [1.82, 2.24) is 10.2 Å². The molecule has 4 heteroatoms. The molecule has 1 saturated carbocycles. The number of nitrogens with zero attached hydrogens (tertiary/aromatic N) is 1. The van der Waals surface area contributed by atoms with E-state index in [0.717, 1.165) is 28.8 Å². The Labute approximate surface area is 131 Å². The largest absolute Gasteiger partial charge is 0.311 e. The Hall–Kier alpha value is -0.0900. The number of hydrogen-bond donors (Lipinski definition) is 1. The van der Waals surface area contributed by atoms with Crippen molar-refractivity contribution in [3.8, 4) is 0 Å². The van der Waals surface area contributed by atoms with Crippen LogP contribution in [0.1, 0.15) is 38.0 Å².